The van der Waals surface area contributed by atoms with Crippen molar-refractivity contribution in [3.63, 3.8) is 0 Å². The molecule has 0 radical (unpaired) electrons. The molecule has 0 heterocycles. The maximum absolute atomic E-state index is 12.7. The number of fused-ring (bicyclic) bond motifs is 1. The largest absolute Gasteiger partial charge is 0.339 e. The van der Waals surface area contributed by atoms with Crippen LogP contribution in [0.1, 0.15) is 40.9 Å². The van der Waals surface area contributed by atoms with Gasteiger partial charge in [-0.25, -0.2) is 0 Å². The molecule has 1 amide bonds. The summed E-state index contributed by atoms with van der Waals surface area (Å²) in [6, 6.07) is 8.54. The summed E-state index contributed by atoms with van der Waals surface area (Å²) in [5.74, 6) is 0.120. The van der Waals surface area contributed by atoms with E-state index in [0.717, 1.165) is 29.6 Å². The predicted octanol–water partition coefficient (Wildman–Crippen LogP) is 4.83. The minimum Gasteiger partial charge on any atom is -0.339 e. The van der Waals surface area contributed by atoms with Gasteiger partial charge in [0.25, 0.3) is 5.91 Å². The molecule has 0 unspecified atom stereocenters. The molecule has 0 bridgehead atoms. The van der Waals surface area contributed by atoms with Gasteiger partial charge in [0.1, 0.15) is 0 Å². The van der Waals surface area contributed by atoms with Crippen molar-refractivity contribution < 1.29 is 4.79 Å². The third-order valence-corrected chi connectivity index (χ3v) is 4.70. The van der Waals surface area contributed by atoms with Crippen molar-refractivity contribution in [2.24, 2.45) is 0 Å². The summed E-state index contributed by atoms with van der Waals surface area (Å²) in [7, 11) is 0. The second-order valence-corrected chi connectivity index (χ2v) is 5.96. The van der Waals surface area contributed by atoms with Crippen LogP contribution >= 0.6 is 15.9 Å². The first-order chi connectivity index (χ1) is 10.0. The Morgan fingerprint density at radius 1 is 1.00 bits per heavy atom. The van der Waals surface area contributed by atoms with Crippen LogP contribution in [0.2, 0.25) is 0 Å². The fourth-order valence-electron chi connectivity index (χ4n) is 2.62. The summed E-state index contributed by atoms with van der Waals surface area (Å²) >= 11 is 3.52. The van der Waals surface area contributed by atoms with Crippen LogP contribution in [-0.2, 0) is 5.33 Å². The van der Waals surface area contributed by atoms with Gasteiger partial charge in [-0.15, -0.1) is 0 Å². The van der Waals surface area contributed by atoms with Gasteiger partial charge in [-0.2, -0.15) is 0 Å². The van der Waals surface area contributed by atoms with Crippen LogP contribution in [0.15, 0.2) is 24.3 Å². The smallest absolute Gasteiger partial charge is 0.254 e. The third-order valence-electron chi connectivity index (χ3n) is 4.10. The zero-order valence-corrected chi connectivity index (χ0v) is 14.8. The Labute approximate surface area is 135 Å². The van der Waals surface area contributed by atoms with Gasteiger partial charge in [0.2, 0.25) is 0 Å². The van der Waals surface area contributed by atoms with Gasteiger partial charge in [0.05, 0.1) is 0 Å². The Kier molecular flexibility index (Phi) is 5.04. The molecule has 0 spiro atoms. The molecular weight excluding hydrogens is 326 g/mol. The molecule has 3 heteroatoms. The van der Waals surface area contributed by atoms with Gasteiger partial charge in [0.15, 0.2) is 0 Å². The van der Waals surface area contributed by atoms with Crippen molar-refractivity contribution in [2.75, 3.05) is 13.1 Å². The molecule has 0 saturated heterocycles. The number of aryl methyl sites for hydroxylation is 2. The first-order valence-electron chi connectivity index (χ1n) is 7.40. The maximum atomic E-state index is 12.7. The summed E-state index contributed by atoms with van der Waals surface area (Å²) in [4.78, 5) is 14.6. The number of rotatable bonds is 4. The van der Waals surface area contributed by atoms with E-state index >= 15 is 0 Å². The number of benzene rings is 2. The average molecular weight is 348 g/mol. The van der Waals surface area contributed by atoms with Crippen LogP contribution in [0.5, 0.6) is 0 Å². The van der Waals surface area contributed by atoms with E-state index in [4.69, 9.17) is 0 Å². The lowest BCUT2D eigenvalue weighted by Gasteiger charge is -2.20. The lowest BCUT2D eigenvalue weighted by Crippen LogP contribution is -2.31. The minimum absolute atomic E-state index is 0.120. The molecule has 2 nitrogen and oxygen atoms in total. The number of halogens is 1. The standard InChI is InChI=1S/C18H22BrNO/c1-5-20(6-2)18(21)17-10-15-8-13(4)12(3)7-14(15)9-16(17)11-19/h7-10H,5-6,11H2,1-4H3. The van der Waals surface area contributed by atoms with E-state index in [1.807, 2.05) is 24.8 Å². The summed E-state index contributed by atoms with van der Waals surface area (Å²) < 4.78 is 0. The van der Waals surface area contributed by atoms with E-state index in [1.165, 1.54) is 16.5 Å². The Morgan fingerprint density at radius 2 is 1.52 bits per heavy atom. The normalized spacial score (nSPS) is 10.9. The quantitative estimate of drug-likeness (QED) is 0.725. The molecule has 0 aliphatic rings. The monoisotopic (exact) mass is 347 g/mol. The van der Waals surface area contributed by atoms with Crippen LogP contribution in [0.25, 0.3) is 10.8 Å². The van der Waals surface area contributed by atoms with Crippen LogP contribution in [0.3, 0.4) is 0 Å². The number of amides is 1. The molecule has 0 atom stereocenters. The molecule has 2 aromatic carbocycles. The van der Waals surface area contributed by atoms with Crippen molar-refractivity contribution in [1.82, 2.24) is 4.90 Å². The SMILES string of the molecule is CCN(CC)C(=O)c1cc2cc(C)c(C)cc2cc1CBr. The zero-order valence-electron chi connectivity index (χ0n) is 13.2. The Bertz CT molecular complexity index is 674. The Balaban J connectivity index is 2.62. The molecule has 112 valence electrons. The molecular formula is C18H22BrNO. The topological polar surface area (TPSA) is 20.3 Å². The molecule has 2 aromatic rings. The van der Waals surface area contributed by atoms with E-state index in [-0.39, 0.29) is 5.91 Å². The first kappa shape index (κ1) is 16.0. The highest BCUT2D eigenvalue weighted by molar-refractivity contribution is 9.08. The third kappa shape index (κ3) is 3.13. The lowest BCUT2D eigenvalue weighted by molar-refractivity contribution is 0.0772. The van der Waals surface area contributed by atoms with E-state index in [9.17, 15) is 4.79 Å². The highest BCUT2D eigenvalue weighted by Crippen LogP contribution is 2.26. The van der Waals surface area contributed by atoms with Crippen molar-refractivity contribution in [1.29, 1.82) is 0 Å². The summed E-state index contributed by atoms with van der Waals surface area (Å²) in [6.45, 7) is 9.74. The number of hydrogen-bond acceptors (Lipinski definition) is 1. The maximum Gasteiger partial charge on any atom is 0.254 e. The van der Waals surface area contributed by atoms with Gasteiger partial charge >= 0.3 is 0 Å². The number of hydrogen-bond donors (Lipinski definition) is 0. The molecule has 21 heavy (non-hydrogen) atoms. The summed E-state index contributed by atoms with van der Waals surface area (Å²) in [6.07, 6.45) is 0. The zero-order chi connectivity index (χ0) is 15.6. The second kappa shape index (κ2) is 6.61. The van der Waals surface area contributed by atoms with Crippen molar-refractivity contribution in [2.45, 2.75) is 33.0 Å². The number of alkyl halides is 1. The number of carbonyl (C=O) groups excluding carboxylic acids is 1. The minimum atomic E-state index is 0.120. The van der Waals surface area contributed by atoms with Crippen LogP contribution in [0, 0.1) is 13.8 Å². The van der Waals surface area contributed by atoms with Gasteiger partial charge in [0, 0.05) is 24.0 Å². The first-order valence-corrected chi connectivity index (χ1v) is 8.53. The van der Waals surface area contributed by atoms with Crippen LogP contribution in [0.4, 0.5) is 0 Å². The van der Waals surface area contributed by atoms with Gasteiger partial charge in [-0.1, -0.05) is 28.1 Å². The van der Waals surface area contributed by atoms with Crippen molar-refractivity contribution in [3.8, 4) is 0 Å². The van der Waals surface area contributed by atoms with Crippen LogP contribution in [-0.4, -0.2) is 23.9 Å². The molecule has 0 saturated carbocycles. The molecule has 0 aliphatic heterocycles. The Morgan fingerprint density at radius 3 is 2.00 bits per heavy atom. The highest BCUT2D eigenvalue weighted by Gasteiger charge is 2.17. The number of carbonyl (C=O) groups is 1. The Hall–Kier alpha value is -1.35. The van der Waals surface area contributed by atoms with E-state index in [2.05, 4.69) is 48.0 Å². The number of nitrogens with zero attached hydrogens (tertiary/aromatic N) is 1. The van der Waals surface area contributed by atoms with Gasteiger partial charge in [-0.3, -0.25) is 4.79 Å². The van der Waals surface area contributed by atoms with Crippen LogP contribution < -0.4 is 0 Å². The second-order valence-electron chi connectivity index (χ2n) is 5.40. The molecule has 0 aromatic heterocycles. The molecule has 2 rings (SSSR count). The van der Waals surface area contributed by atoms with E-state index < -0.39 is 0 Å². The molecule has 0 N–H and O–H groups in total. The predicted molar refractivity (Wildman–Crippen MR) is 93.3 cm³/mol. The van der Waals surface area contributed by atoms with Crippen molar-refractivity contribution in [3.05, 3.63) is 46.5 Å². The highest BCUT2D eigenvalue weighted by atomic mass is 79.9. The van der Waals surface area contributed by atoms with E-state index in [0.29, 0.717) is 5.33 Å². The summed E-state index contributed by atoms with van der Waals surface area (Å²) in [5.41, 5.74) is 4.41. The fraction of sp³-hybridized carbons (Fsp3) is 0.389. The average Bonchev–Trinajstić information content (AvgIpc) is 2.48. The molecule has 0 fully saturated rings. The lowest BCUT2D eigenvalue weighted by atomic mass is 9.97. The fourth-order valence-corrected chi connectivity index (χ4v) is 3.08. The molecule has 0 aliphatic carbocycles. The van der Waals surface area contributed by atoms with Gasteiger partial charge in [-0.05, 0) is 67.3 Å². The summed E-state index contributed by atoms with van der Waals surface area (Å²) in [5, 5.41) is 3.03. The van der Waals surface area contributed by atoms with Gasteiger partial charge < -0.3 is 4.90 Å². The van der Waals surface area contributed by atoms with Crippen molar-refractivity contribution >= 4 is 32.6 Å². The van der Waals surface area contributed by atoms with E-state index in [1.54, 1.807) is 0 Å².